The molecule has 3 atom stereocenters. The zero-order chi connectivity index (χ0) is 20.9. The first kappa shape index (κ1) is 25.7. The molecule has 0 saturated carbocycles. The second-order valence-corrected chi connectivity index (χ2v) is 8.89. The lowest BCUT2D eigenvalue weighted by atomic mass is 9.99. The number of rotatable bonds is 15. The Morgan fingerprint density at radius 3 is 2.04 bits per heavy atom. The van der Waals surface area contributed by atoms with Crippen molar-refractivity contribution in [1.29, 1.82) is 0 Å². The molecule has 0 bridgehead atoms. The van der Waals surface area contributed by atoms with Crippen LogP contribution in [0, 0.1) is 5.92 Å². The fourth-order valence-corrected chi connectivity index (χ4v) is 4.32. The predicted molar refractivity (Wildman–Crippen MR) is 126 cm³/mol. The van der Waals surface area contributed by atoms with Gasteiger partial charge in [-0.1, -0.05) is 45.7 Å². The third kappa shape index (κ3) is 8.56. The molecule has 0 fully saturated rings. The number of anilines is 1. The Morgan fingerprint density at radius 1 is 1.00 bits per heavy atom. The summed E-state index contributed by atoms with van der Waals surface area (Å²) in [5.41, 5.74) is 8.40. The van der Waals surface area contributed by atoms with Crippen LogP contribution in [0.2, 0.25) is 0 Å². The van der Waals surface area contributed by atoms with Crippen molar-refractivity contribution >= 4 is 38.4 Å². The second-order valence-electron chi connectivity index (χ2n) is 7.10. The zero-order valence-corrected chi connectivity index (χ0v) is 23.2. The van der Waals surface area contributed by atoms with E-state index < -0.39 is 0 Å². The third-order valence-electron chi connectivity index (χ3n) is 4.86. The van der Waals surface area contributed by atoms with Crippen molar-refractivity contribution in [3.05, 3.63) is 23.8 Å². The van der Waals surface area contributed by atoms with E-state index >= 15 is 0 Å². The molecule has 0 aliphatic rings. The van der Waals surface area contributed by atoms with Crippen LogP contribution in [0.25, 0.3) is 0 Å². The summed E-state index contributed by atoms with van der Waals surface area (Å²) in [6, 6.07) is 6.25. The predicted octanol–water partition coefficient (Wildman–Crippen LogP) is 2.77. The average molecular weight is 446 g/mol. The van der Waals surface area contributed by atoms with Crippen molar-refractivity contribution in [2.75, 3.05) is 12.0 Å². The molecule has 0 amide bonds. The number of para-hydroxylation sites is 1. The van der Waals surface area contributed by atoms with Crippen molar-refractivity contribution in [2.45, 2.75) is 83.1 Å². The highest BCUT2D eigenvalue weighted by Gasteiger charge is 2.26. The summed E-state index contributed by atoms with van der Waals surface area (Å²) in [5.74, 6) is 0.199. The van der Waals surface area contributed by atoms with Crippen LogP contribution in [0.5, 0.6) is 0 Å². The van der Waals surface area contributed by atoms with E-state index in [0.717, 1.165) is 49.1 Å². The number of ether oxygens (including phenoxy) is 2. The van der Waals surface area contributed by atoms with Gasteiger partial charge < -0.3 is 24.1 Å². The van der Waals surface area contributed by atoms with Gasteiger partial charge in [0.25, 0.3) is 0 Å². The molecule has 0 saturated heterocycles. The van der Waals surface area contributed by atoms with Gasteiger partial charge in [-0.05, 0) is 43.6 Å². The zero-order valence-electron chi connectivity index (χ0n) is 18.4. The Balaban J connectivity index is 2.83. The summed E-state index contributed by atoms with van der Waals surface area (Å²) in [4.78, 5) is 1.13. The minimum absolute atomic E-state index is 0.199. The smallest absolute Gasteiger partial charge is 0.166 e. The van der Waals surface area contributed by atoms with E-state index in [2.05, 4.69) is 45.2 Å². The van der Waals surface area contributed by atoms with Crippen LogP contribution in [-0.4, -0.2) is 46.1 Å². The average Bonchev–Trinajstić information content (AvgIpc) is 2.71. The standard InChI is InChI=1S/C20H39NO4SSi2/c1-5-8-17(24-27)22-20(23-18(25-28)9-6-2)14(3)12-13-15-10-7-11-16(26-4)19(15)21/h7,10-11,14,17-18,20H,5-6,8-9,12-13,21H2,1-4,27-28H3. The second kappa shape index (κ2) is 14.6. The molecule has 5 nitrogen and oxygen atoms in total. The fraction of sp³-hybridized carbons (Fsp3) is 0.700. The molecule has 0 aliphatic heterocycles. The highest BCUT2D eigenvalue weighted by molar-refractivity contribution is 7.98. The van der Waals surface area contributed by atoms with E-state index in [1.54, 1.807) is 11.8 Å². The largest absolute Gasteiger partial charge is 0.404 e. The lowest BCUT2D eigenvalue weighted by Crippen LogP contribution is -2.35. The highest BCUT2D eigenvalue weighted by Crippen LogP contribution is 2.29. The minimum Gasteiger partial charge on any atom is -0.404 e. The molecule has 1 aromatic carbocycles. The van der Waals surface area contributed by atoms with Crippen molar-refractivity contribution in [1.82, 2.24) is 0 Å². The number of nitrogens with two attached hydrogens (primary N) is 1. The van der Waals surface area contributed by atoms with Crippen LogP contribution in [-0.2, 0) is 24.7 Å². The van der Waals surface area contributed by atoms with Crippen molar-refractivity contribution in [2.24, 2.45) is 5.92 Å². The first-order chi connectivity index (χ1) is 13.5. The van der Waals surface area contributed by atoms with Gasteiger partial charge in [-0.3, -0.25) is 0 Å². The van der Waals surface area contributed by atoms with E-state index in [4.69, 9.17) is 24.1 Å². The summed E-state index contributed by atoms with van der Waals surface area (Å²) in [5, 5.41) is 0. The topological polar surface area (TPSA) is 62.9 Å². The van der Waals surface area contributed by atoms with Gasteiger partial charge in [0.15, 0.2) is 6.29 Å². The lowest BCUT2D eigenvalue weighted by molar-refractivity contribution is -0.282. The van der Waals surface area contributed by atoms with Gasteiger partial charge in [0.05, 0.1) is 0 Å². The van der Waals surface area contributed by atoms with E-state index in [1.165, 1.54) is 5.56 Å². The SMILES string of the molecule is CCCC(O[SiH3])OC(OC(CCC)O[SiH3])C(C)CCc1cccc(SC)c1N. The minimum atomic E-state index is -0.346. The van der Waals surface area contributed by atoms with Gasteiger partial charge in [-0.25, -0.2) is 0 Å². The molecular weight excluding hydrogens is 406 g/mol. The van der Waals surface area contributed by atoms with Gasteiger partial charge in [0, 0.05) is 16.5 Å². The van der Waals surface area contributed by atoms with Crippen molar-refractivity contribution in [3.8, 4) is 0 Å². The number of thioether (sulfide) groups is 1. The Bertz CT molecular complexity index is 537. The molecule has 3 unspecified atom stereocenters. The number of nitrogen functional groups attached to an aromatic ring is 1. The lowest BCUT2D eigenvalue weighted by Gasteiger charge is -2.31. The maximum absolute atomic E-state index is 6.33. The third-order valence-corrected chi connectivity index (χ3v) is 6.70. The Kier molecular flexibility index (Phi) is 13.4. The molecule has 0 radical (unpaired) electrons. The maximum Gasteiger partial charge on any atom is 0.166 e. The maximum atomic E-state index is 6.33. The van der Waals surface area contributed by atoms with Crippen LogP contribution >= 0.6 is 11.8 Å². The van der Waals surface area contributed by atoms with Crippen LogP contribution in [0.1, 0.15) is 58.4 Å². The number of benzene rings is 1. The van der Waals surface area contributed by atoms with Crippen LogP contribution in [0.4, 0.5) is 5.69 Å². The molecule has 0 aromatic heterocycles. The van der Waals surface area contributed by atoms with Crippen LogP contribution in [0.3, 0.4) is 0 Å². The fourth-order valence-electron chi connectivity index (χ4n) is 3.06. The van der Waals surface area contributed by atoms with Crippen LogP contribution < -0.4 is 5.73 Å². The number of hydrogen-bond acceptors (Lipinski definition) is 6. The summed E-state index contributed by atoms with van der Waals surface area (Å²) in [6.07, 6.45) is 6.90. The van der Waals surface area contributed by atoms with E-state index in [-0.39, 0.29) is 24.8 Å². The molecule has 0 spiro atoms. The van der Waals surface area contributed by atoms with Gasteiger partial charge in [0.2, 0.25) is 0 Å². The summed E-state index contributed by atoms with van der Waals surface area (Å²) in [6.45, 7) is 6.45. The first-order valence-corrected chi connectivity index (χ1v) is 13.1. The normalized spacial score (nSPS) is 16.1. The molecule has 28 heavy (non-hydrogen) atoms. The molecule has 162 valence electrons. The molecule has 1 aromatic rings. The van der Waals surface area contributed by atoms with Crippen molar-refractivity contribution in [3.63, 3.8) is 0 Å². The monoisotopic (exact) mass is 445 g/mol. The molecule has 0 aliphatic carbocycles. The van der Waals surface area contributed by atoms with E-state index in [1.807, 2.05) is 0 Å². The Labute approximate surface area is 181 Å². The number of hydrogen-bond donors (Lipinski definition) is 1. The highest BCUT2D eigenvalue weighted by atomic mass is 32.2. The number of aryl methyl sites for hydroxylation is 1. The van der Waals surface area contributed by atoms with Gasteiger partial charge in [-0.15, -0.1) is 11.8 Å². The van der Waals surface area contributed by atoms with Gasteiger partial charge >= 0.3 is 0 Å². The quantitative estimate of drug-likeness (QED) is 0.194. The molecular formula is C20H39NO4SSi2. The molecule has 8 heteroatoms. The Morgan fingerprint density at radius 2 is 1.57 bits per heavy atom. The summed E-state index contributed by atoms with van der Waals surface area (Å²) in [7, 11) is 1.29. The summed E-state index contributed by atoms with van der Waals surface area (Å²) < 4.78 is 23.8. The van der Waals surface area contributed by atoms with E-state index in [9.17, 15) is 0 Å². The van der Waals surface area contributed by atoms with Gasteiger partial charge in [0.1, 0.15) is 33.6 Å². The molecule has 1 rings (SSSR count). The van der Waals surface area contributed by atoms with E-state index in [0.29, 0.717) is 21.0 Å². The van der Waals surface area contributed by atoms with Crippen molar-refractivity contribution < 1.29 is 18.3 Å². The molecule has 2 N–H and O–H groups in total. The first-order valence-electron chi connectivity index (χ1n) is 10.3. The molecule has 0 heterocycles. The van der Waals surface area contributed by atoms with Crippen LogP contribution in [0.15, 0.2) is 23.1 Å². The Hall–Kier alpha value is -0.356. The summed E-state index contributed by atoms with van der Waals surface area (Å²) >= 11 is 1.68. The van der Waals surface area contributed by atoms with Gasteiger partial charge in [-0.2, -0.15) is 0 Å².